The molecule has 0 spiro atoms. The van der Waals surface area contributed by atoms with Crippen LogP contribution >= 0.6 is 0 Å². The van der Waals surface area contributed by atoms with Gasteiger partial charge in [-0.15, -0.1) is 0 Å². The van der Waals surface area contributed by atoms with E-state index < -0.39 is 5.97 Å². The number of carboxylic acid groups (broad SMARTS) is 1. The largest absolute Gasteiger partial charge is 0.484 e. The highest BCUT2D eigenvalue weighted by molar-refractivity contribution is 5.93. The van der Waals surface area contributed by atoms with E-state index in [4.69, 9.17) is 15.6 Å². The van der Waals surface area contributed by atoms with E-state index in [0.717, 1.165) is 0 Å². The van der Waals surface area contributed by atoms with Gasteiger partial charge in [0, 0.05) is 17.3 Å². The molecular formula is C13H18N2O4. The Kier molecular flexibility index (Phi) is 4.37. The highest BCUT2D eigenvalue weighted by atomic mass is 16.5. The second kappa shape index (κ2) is 5.60. The molecule has 0 radical (unpaired) electrons. The van der Waals surface area contributed by atoms with Crippen molar-refractivity contribution in [2.45, 2.75) is 26.3 Å². The van der Waals surface area contributed by atoms with Gasteiger partial charge in [0.2, 0.25) is 0 Å². The summed E-state index contributed by atoms with van der Waals surface area (Å²) in [5.74, 6) is -1.01. The minimum Gasteiger partial charge on any atom is -0.484 e. The average molecular weight is 266 g/mol. The van der Waals surface area contributed by atoms with Gasteiger partial charge in [0.25, 0.3) is 5.91 Å². The summed E-state index contributed by atoms with van der Waals surface area (Å²) in [6.07, 6.45) is 0. The van der Waals surface area contributed by atoms with Gasteiger partial charge in [-0.05, 0) is 32.9 Å². The lowest BCUT2D eigenvalue weighted by Gasteiger charge is -2.20. The number of rotatable bonds is 4. The molecule has 19 heavy (non-hydrogen) atoms. The minimum atomic E-state index is -1.10. The third kappa shape index (κ3) is 4.87. The van der Waals surface area contributed by atoms with Gasteiger partial charge in [-0.2, -0.15) is 0 Å². The first-order chi connectivity index (χ1) is 8.69. The first-order valence-corrected chi connectivity index (χ1v) is 5.75. The second-order valence-electron chi connectivity index (χ2n) is 5.14. The summed E-state index contributed by atoms with van der Waals surface area (Å²) < 4.78 is 5.24. The van der Waals surface area contributed by atoms with Crippen molar-refractivity contribution in [3.63, 3.8) is 0 Å². The Bertz CT molecular complexity index is 492. The van der Waals surface area contributed by atoms with Crippen molar-refractivity contribution < 1.29 is 19.4 Å². The standard InChI is InChI=1S/C13H18N2O4/c1-13(2,3)15-11(16)7-19-8-4-5-9(12(17)18)10(14)6-8/h4-6H,7,14H2,1-3H3,(H,15,16)(H,17,18). The summed E-state index contributed by atoms with van der Waals surface area (Å²) in [6, 6.07) is 4.19. The number of benzene rings is 1. The van der Waals surface area contributed by atoms with Crippen molar-refractivity contribution in [2.24, 2.45) is 0 Å². The third-order valence-electron chi connectivity index (χ3n) is 2.14. The van der Waals surface area contributed by atoms with Crippen molar-refractivity contribution in [3.8, 4) is 5.75 Å². The van der Waals surface area contributed by atoms with E-state index in [1.165, 1.54) is 18.2 Å². The molecule has 0 saturated carbocycles. The number of carbonyl (C=O) groups excluding carboxylic acids is 1. The van der Waals surface area contributed by atoms with Gasteiger partial charge in [-0.25, -0.2) is 4.79 Å². The van der Waals surface area contributed by atoms with Gasteiger partial charge >= 0.3 is 5.97 Å². The number of nitrogens with one attached hydrogen (secondary N) is 1. The quantitative estimate of drug-likeness (QED) is 0.712. The Morgan fingerprint density at radius 2 is 2.00 bits per heavy atom. The van der Waals surface area contributed by atoms with Crippen molar-refractivity contribution in [2.75, 3.05) is 12.3 Å². The van der Waals surface area contributed by atoms with E-state index in [1.807, 2.05) is 20.8 Å². The molecule has 0 aliphatic heterocycles. The number of hydrogen-bond donors (Lipinski definition) is 3. The summed E-state index contributed by atoms with van der Waals surface area (Å²) in [5, 5.41) is 11.6. The van der Waals surface area contributed by atoms with Gasteiger partial charge < -0.3 is 20.9 Å². The SMILES string of the molecule is CC(C)(C)NC(=O)COc1ccc(C(=O)O)c(N)c1. The Morgan fingerprint density at radius 1 is 1.37 bits per heavy atom. The van der Waals surface area contributed by atoms with E-state index in [9.17, 15) is 9.59 Å². The molecule has 0 heterocycles. The van der Waals surface area contributed by atoms with Crippen LogP contribution in [-0.4, -0.2) is 29.1 Å². The van der Waals surface area contributed by atoms with Crippen LogP contribution in [0.3, 0.4) is 0 Å². The highest BCUT2D eigenvalue weighted by Crippen LogP contribution is 2.19. The maximum absolute atomic E-state index is 11.5. The maximum atomic E-state index is 11.5. The molecule has 0 atom stereocenters. The zero-order valence-corrected chi connectivity index (χ0v) is 11.2. The Balaban J connectivity index is 2.62. The molecular weight excluding hydrogens is 248 g/mol. The topological polar surface area (TPSA) is 102 Å². The first kappa shape index (κ1) is 14.8. The number of anilines is 1. The lowest BCUT2D eigenvalue weighted by atomic mass is 10.1. The van der Waals surface area contributed by atoms with Crippen LogP contribution in [0.5, 0.6) is 5.75 Å². The summed E-state index contributed by atoms with van der Waals surface area (Å²) in [4.78, 5) is 22.3. The van der Waals surface area contributed by atoms with Crippen LogP contribution < -0.4 is 15.8 Å². The molecule has 1 aromatic carbocycles. The summed E-state index contributed by atoms with van der Waals surface area (Å²) in [6.45, 7) is 5.45. The van der Waals surface area contributed by atoms with Gasteiger partial charge in [0.1, 0.15) is 5.75 Å². The van der Waals surface area contributed by atoms with E-state index >= 15 is 0 Å². The minimum absolute atomic E-state index is 0.00601. The lowest BCUT2D eigenvalue weighted by molar-refractivity contribution is -0.124. The molecule has 104 valence electrons. The third-order valence-corrected chi connectivity index (χ3v) is 2.14. The molecule has 0 saturated heterocycles. The van der Waals surface area contributed by atoms with Crippen LogP contribution in [0, 0.1) is 0 Å². The van der Waals surface area contributed by atoms with Crippen LogP contribution in [0.4, 0.5) is 5.69 Å². The molecule has 6 nitrogen and oxygen atoms in total. The van der Waals surface area contributed by atoms with E-state index in [-0.39, 0.29) is 29.3 Å². The van der Waals surface area contributed by atoms with Crippen molar-refractivity contribution in [1.82, 2.24) is 5.32 Å². The fraction of sp³-hybridized carbons (Fsp3) is 0.385. The fourth-order valence-corrected chi connectivity index (χ4v) is 1.43. The molecule has 1 aromatic rings. The van der Waals surface area contributed by atoms with Crippen LogP contribution in [0.2, 0.25) is 0 Å². The second-order valence-corrected chi connectivity index (χ2v) is 5.14. The smallest absolute Gasteiger partial charge is 0.337 e. The predicted molar refractivity (Wildman–Crippen MR) is 71.2 cm³/mol. The molecule has 0 aliphatic rings. The number of amides is 1. The molecule has 0 aliphatic carbocycles. The Hall–Kier alpha value is -2.24. The first-order valence-electron chi connectivity index (χ1n) is 5.75. The number of nitrogen functional groups attached to an aromatic ring is 1. The van der Waals surface area contributed by atoms with E-state index in [1.54, 1.807) is 0 Å². The summed E-state index contributed by atoms with van der Waals surface area (Å²) >= 11 is 0. The summed E-state index contributed by atoms with van der Waals surface area (Å²) in [5.41, 5.74) is 5.35. The summed E-state index contributed by atoms with van der Waals surface area (Å²) in [7, 11) is 0. The van der Waals surface area contributed by atoms with Crippen LogP contribution in [0.25, 0.3) is 0 Å². The highest BCUT2D eigenvalue weighted by Gasteiger charge is 2.14. The molecule has 1 amide bonds. The lowest BCUT2D eigenvalue weighted by Crippen LogP contribution is -2.43. The monoisotopic (exact) mass is 266 g/mol. The molecule has 0 fully saturated rings. The molecule has 0 aromatic heterocycles. The van der Waals surface area contributed by atoms with Crippen molar-refractivity contribution in [3.05, 3.63) is 23.8 Å². The van der Waals surface area contributed by atoms with Gasteiger partial charge in [0.15, 0.2) is 6.61 Å². The molecule has 0 unspecified atom stereocenters. The van der Waals surface area contributed by atoms with Crippen molar-refractivity contribution in [1.29, 1.82) is 0 Å². The van der Waals surface area contributed by atoms with Crippen LogP contribution in [-0.2, 0) is 4.79 Å². The molecule has 6 heteroatoms. The Morgan fingerprint density at radius 3 is 2.47 bits per heavy atom. The number of carboxylic acids is 1. The van der Waals surface area contributed by atoms with Crippen LogP contribution in [0.15, 0.2) is 18.2 Å². The Labute approximate surface area is 111 Å². The fourth-order valence-electron chi connectivity index (χ4n) is 1.43. The molecule has 1 rings (SSSR count). The number of nitrogens with two attached hydrogens (primary N) is 1. The van der Waals surface area contributed by atoms with Gasteiger partial charge in [0.05, 0.1) is 5.56 Å². The number of hydrogen-bond acceptors (Lipinski definition) is 4. The maximum Gasteiger partial charge on any atom is 0.337 e. The van der Waals surface area contributed by atoms with Gasteiger partial charge in [-0.1, -0.05) is 0 Å². The van der Waals surface area contributed by atoms with Gasteiger partial charge in [-0.3, -0.25) is 4.79 Å². The molecule has 0 bridgehead atoms. The van der Waals surface area contributed by atoms with Crippen molar-refractivity contribution >= 4 is 17.6 Å². The number of ether oxygens (including phenoxy) is 1. The number of aromatic carboxylic acids is 1. The average Bonchev–Trinajstić information content (AvgIpc) is 2.23. The number of carbonyl (C=O) groups is 2. The zero-order chi connectivity index (χ0) is 14.6. The predicted octanol–water partition coefficient (Wildman–Crippen LogP) is 1.26. The van der Waals surface area contributed by atoms with E-state index in [0.29, 0.717) is 5.75 Å². The molecule has 4 N–H and O–H groups in total. The van der Waals surface area contributed by atoms with Crippen LogP contribution in [0.1, 0.15) is 31.1 Å². The normalized spacial score (nSPS) is 10.9. The van der Waals surface area contributed by atoms with E-state index in [2.05, 4.69) is 5.32 Å². The zero-order valence-electron chi connectivity index (χ0n) is 11.2.